The molecule has 0 bridgehead atoms. The lowest BCUT2D eigenvalue weighted by Gasteiger charge is -2.12. The monoisotopic (exact) mass is 361 g/mol. The number of ether oxygens (including phenoxy) is 2. The standard InChI is InChI=1S/C17H19N3O6/c1-10(2)9-26-13-7-5-11(8-14(13)25-3)4-6-12-15(20(23)24)16(21)19-17(22)18-12/h4-8,10H,9H2,1-3H3,(H2,18,19,21,22). The number of nitrogens with zero attached hydrogens (tertiary/aromatic N) is 1. The van der Waals surface area contributed by atoms with E-state index in [9.17, 15) is 19.7 Å². The van der Waals surface area contributed by atoms with Crippen molar-refractivity contribution in [2.75, 3.05) is 13.7 Å². The van der Waals surface area contributed by atoms with Gasteiger partial charge in [-0.2, -0.15) is 0 Å². The van der Waals surface area contributed by atoms with Crippen LogP contribution in [0.15, 0.2) is 27.8 Å². The van der Waals surface area contributed by atoms with Crippen molar-refractivity contribution in [2.24, 2.45) is 5.92 Å². The second-order valence-corrected chi connectivity index (χ2v) is 5.88. The lowest BCUT2D eigenvalue weighted by atomic mass is 10.1. The van der Waals surface area contributed by atoms with Crippen LogP contribution < -0.4 is 20.7 Å². The summed E-state index contributed by atoms with van der Waals surface area (Å²) in [6.07, 6.45) is 2.81. The van der Waals surface area contributed by atoms with E-state index in [0.29, 0.717) is 29.6 Å². The fraction of sp³-hybridized carbons (Fsp3) is 0.294. The molecule has 0 aliphatic rings. The second kappa shape index (κ2) is 8.15. The first-order valence-electron chi connectivity index (χ1n) is 7.81. The van der Waals surface area contributed by atoms with Gasteiger partial charge >= 0.3 is 16.9 Å². The molecule has 0 amide bonds. The van der Waals surface area contributed by atoms with Gasteiger partial charge in [0, 0.05) is 0 Å². The molecular weight excluding hydrogens is 342 g/mol. The number of aromatic nitrogens is 2. The van der Waals surface area contributed by atoms with E-state index in [2.05, 4.69) is 4.98 Å². The van der Waals surface area contributed by atoms with Crippen molar-refractivity contribution in [3.63, 3.8) is 0 Å². The normalized spacial score (nSPS) is 11.1. The van der Waals surface area contributed by atoms with Crippen molar-refractivity contribution in [1.29, 1.82) is 0 Å². The molecular formula is C17H19N3O6. The molecule has 2 N–H and O–H groups in total. The summed E-state index contributed by atoms with van der Waals surface area (Å²) in [6, 6.07) is 5.13. The number of hydrogen-bond acceptors (Lipinski definition) is 6. The second-order valence-electron chi connectivity index (χ2n) is 5.88. The summed E-state index contributed by atoms with van der Waals surface area (Å²) >= 11 is 0. The molecule has 138 valence electrons. The maximum absolute atomic E-state index is 11.6. The van der Waals surface area contributed by atoms with Crippen LogP contribution in [0.1, 0.15) is 25.1 Å². The topological polar surface area (TPSA) is 127 Å². The van der Waals surface area contributed by atoms with Crippen molar-refractivity contribution in [2.45, 2.75) is 13.8 Å². The molecule has 0 fully saturated rings. The van der Waals surface area contributed by atoms with E-state index >= 15 is 0 Å². The van der Waals surface area contributed by atoms with E-state index in [1.807, 2.05) is 18.8 Å². The summed E-state index contributed by atoms with van der Waals surface area (Å²) in [5, 5.41) is 11.0. The molecule has 26 heavy (non-hydrogen) atoms. The van der Waals surface area contributed by atoms with Gasteiger partial charge in [-0.15, -0.1) is 0 Å². The Morgan fingerprint density at radius 1 is 1.19 bits per heavy atom. The first kappa shape index (κ1) is 19.0. The van der Waals surface area contributed by atoms with E-state index in [4.69, 9.17) is 9.47 Å². The van der Waals surface area contributed by atoms with Crippen LogP contribution in [-0.2, 0) is 0 Å². The first-order chi connectivity index (χ1) is 12.3. The lowest BCUT2D eigenvalue weighted by molar-refractivity contribution is -0.386. The predicted octanol–water partition coefficient (Wildman–Crippen LogP) is 2.19. The number of nitro groups is 1. The van der Waals surface area contributed by atoms with Gasteiger partial charge in [-0.25, -0.2) is 4.79 Å². The smallest absolute Gasteiger partial charge is 0.357 e. The van der Waals surface area contributed by atoms with Crippen LogP contribution in [0.2, 0.25) is 0 Å². The van der Waals surface area contributed by atoms with E-state index in [-0.39, 0.29) is 5.69 Å². The van der Waals surface area contributed by atoms with E-state index in [0.717, 1.165) is 0 Å². The van der Waals surface area contributed by atoms with Crippen molar-refractivity contribution >= 4 is 17.8 Å². The third-order valence-electron chi connectivity index (χ3n) is 3.33. The SMILES string of the molecule is COc1cc(C=Cc2[nH]c(=O)[nH]c(=O)c2[N+](=O)[O-])ccc1OCC(C)C. The largest absolute Gasteiger partial charge is 0.493 e. The van der Waals surface area contributed by atoms with Crippen LogP contribution in [0.5, 0.6) is 11.5 Å². The van der Waals surface area contributed by atoms with Gasteiger partial charge in [-0.05, 0) is 29.7 Å². The van der Waals surface area contributed by atoms with Crippen LogP contribution in [0.4, 0.5) is 5.69 Å². The molecule has 1 aromatic heterocycles. The third kappa shape index (κ3) is 4.59. The molecule has 9 heteroatoms. The minimum Gasteiger partial charge on any atom is -0.493 e. The molecule has 0 saturated carbocycles. The number of benzene rings is 1. The highest BCUT2D eigenvalue weighted by Gasteiger charge is 2.18. The van der Waals surface area contributed by atoms with Crippen molar-refractivity contribution in [1.82, 2.24) is 9.97 Å². The van der Waals surface area contributed by atoms with E-state index in [1.54, 1.807) is 18.2 Å². The van der Waals surface area contributed by atoms with Crippen molar-refractivity contribution in [3.05, 3.63) is 60.4 Å². The Morgan fingerprint density at radius 3 is 2.54 bits per heavy atom. The molecule has 0 atom stereocenters. The number of rotatable bonds is 7. The zero-order valence-corrected chi connectivity index (χ0v) is 14.6. The molecule has 9 nitrogen and oxygen atoms in total. The van der Waals surface area contributed by atoms with Gasteiger partial charge in [-0.3, -0.25) is 19.9 Å². The average molecular weight is 361 g/mol. The van der Waals surface area contributed by atoms with Crippen LogP contribution >= 0.6 is 0 Å². The summed E-state index contributed by atoms with van der Waals surface area (Å²) < 4.78 is 10.9. The Labute approximate surface area is 148 Å². The van der Waals surface area contributed by atoms with Gasteiger partial charge in [0.1, 0.15) is 5.69 Å². The molecule has 1 heterocycles. The van der Waals surface area contributed by atoms with Gasteiger partial charge < -0.3 is 14.5 Å². The number of methoxy groups -OCH3 is 1. The fourth-order valence-corrected chi connectivity index (χ4v) is 2.14. The summed E-state index contributed by atoms with van der Waals surface area (Å²) in [4.78, 5) is 37.2. The Hall–Kier alpha value is -3.36. The Balaban J connectivity index is 2.36. The van der Waals surface area contributed by atoms with E-state index < -0.39 is 21.9 Å². The maximum atomic E-state index is 11.6. The summed E-state index contributed by atoms with van der Waals surface area (Å²) in [7, 11) is 1.50. The number of aromatic amines is 2. The highest BCUT2D eigenvalue weighted by molar-refractivity contribution is 5.72. The van der Waals surface area contributed by atoms with Crippen LogP contribution in [0.25, 0.3) is 12.2 Å². The highest BCUT2D eigenvalue weighted by Crippen LogP contribution is 2.29. The Morgan fingerprint density at radius 2 is 1.92 bits per heavy atom. The van der Waals surface area contributed by atoms with E-state index in [1.165, 1.54) is 19.3 Å². The molecule has 0 spiro atoms. The van der Waals surface area contributed by atoms with Crippen LogP contribution in [0, 0.1) is 16.0 Å². The summed E-state index contributed by atoms with van der Waals surface area (Å²) in [5.74, 6) is 1.43. The molecule has 0 aliphatic carbocycles. The molecule has 0 unspecified atom stereocenters. The van der Waals surface area contributed by atoms with Crippen molar-refractivity contribution < 1.29 is 14.4 Å². The molecule has 0 aliphatic heterocycles. The highest BCUT2D eigenvalue weighted by atomic mass is 16.6. The Bertz CT molecular complexity index is 942. The summed E-state index contributed by atoms with van der Waals surface area (Å²) in [6.45, 7) is 4.59. The van der Waals surface area contributed by atoms with Crippen LogP contribution in [0.3, 0.4) is 0 Å². The minimum absolute atomic E-state index is 0.192. The average Bonchev–Trinajstić information content (AvgIpc) is 2.57. The van der Waals surface area contributed by atoms with Gasteiger partial charge in [0.2, 0.25) is 0 Å². The molecule has 0 saturated heterocycles. The molecule has 2 rings (SSSR count). The molecule has 2 aromatic rings. The van der Waals surface area contributed by atoms with Gasteiger partial charge in [-0.1, -0.05) is 26.0 Å². The van der Waals surface area contributed by atoms with Crippen LogP contribution in [-0.4, -0.2) is 28.6 Å². The quantitative estimate of drug-likeness (QED) is 0.575. The first-order valence-corrected chi connectivity index (χ1v) is 7.81. The lowest BCUT2D eigenvalue weighted by Crippen LogP contribution is -2.25. The van der Waals surface area contributed by atoms with Crippen molar-refractivity contribution in [3.8, 4) is 11.5 Å². The zero-order valence-electron chi connectivity index (χ0n) is 14.6. The van der Waals surface area contributed by atoms with Gasteiger partial charge in [0.25, 0.3) is 0 Å². The minimum atomic E-state index is -1.06. The predicted molar refractivity (Wildman–Crippen MR) is 96.6 cm³/mol. The fourth-order valence-electron chi connectivity index (χ4n) is 2.14. The van der Waals surface area contributed by atoms with Gasteiger partial charge in [0.15, 0.2) is 11.5 Å². The maximum Gasteiger partial charge on any atom is 0.357 e. The zero-order chi connectivity index (χ0) is 19.3. The third-order valence-corrected chi connectivity index (χ3v) is 3.33. The number of H-pyrrole nitrogens is 2. The molecule has 1 aromatic carbocycles. The number of nitrogens with one attached hydrogen (secondary N) is 2. The Kier molecular flexibility index (Phi) is 5.94. The van der Waals surface area contributed by atoms with Gasteiger partial charge in [0.05, 0.1) is 18.6 Å². The summed E-state index contributed by atoms with van der Waals surface area (Å²) in [5.41, 5.74) is -2.16. The molecule has 0 radical (unpaired) electrons. The number of hydrogen-bond donors (Lipinski definition) is 2.